The number of azo groups is 1. The molecule has 1 aromatic heterocycles. The Morgan fingerprint density at radius 3 is 3.09 bits per heavy atom. The maximum absolute atomic E-state index is 5.55. The van der Waals surface area contributed by atoms with Crippen molar-refractivity contribution in [1.29, 1.82) is 0 Å². The summed E-state index contributed by atoms with van der Waals surface area (Å²) < 4.78 is 0. The molecule has 0 spiro atoms. The first-order valence-electron chi connectivity index (χ1n) is 3.41. The smallest absolute Gasteiger partial charge is 0.111 e. The van der Waals surface area contributed by atoms with Crippen molar-refractivity contribution in [1.82, 2.24) is 4.98 Å². The molecule has 0 aliphatic carbocycles. The molecule has 0 amide bonds. The maximum atomic E-state index is 5.55. The van der Waals surface area contributed by atoms with Crippen molar-refractivity contribution >= 4 is 11.4 Å². The lowest BCUT2D eigenvalue weighted by molar-refractivity contribution is 1.00. The largest absolute Gasteiger partial charge is 0.396 e. The lowest BCUT2D eigenvalue weighted by atomic mass is 10.4. The average molecular weight is 150 g/mol. The topological polar surface area (TPSA) is 63.6 Å². The third-order valence-corrected chi connectivity index (χ3v) is 1.15. The molecular weight excluding hydrogens is 140 g/mol. The Bertz CT molecular complexity index is 256. The summed E-state index contributed by atoms with van der Waals surface area (Å²) in [7, 11) is 0. The highest BCUT2D eigenvalue weighted by Gasteiger charge is 1.92. The number of hydrogen-bond acceptors (Lipinski definition) is 4. The number of anilines is 1. The van der Waals surface area contributed by atoms with Gasteiger partial charge in [-0.1, -0.05) is 0 Å². The molecule has 0 unspecified atom stereocenters. The van der Waals surface area contributed by atoms with Gasteiger partial charge in [0.1, 0.15) is 5.69 Å². The first-order chi connectivity index (χ1) is 5.34. The zero-order valence-electron chi connectivity index (χ0n) is 6.36. The molecule has 0 aromatic carbocycles. The van der Waals surface area contributed by atoms with E-state index in [0.29, 0.717) is 17.9 Å². The molecule has 0 aliphatic heterocycles. The van der Waals surface area contributed by atoms with Gasteiger partial charge in [-0.25, -0.2) is 0 Å². The van der Waals surface area contributed by atoms with Gasteiger partial charge in [-0.2, -0.15) is 10.2 Å². The molecule has 0 fully saturated rings. The minimum Gasteiger partial charge on any atom is -0.396 e. The van der Waals surface area contributed by atoms with Crippen LogP contribution in [-0.4, -0.2) is 11.5 Å². The van der Waals surface area contributed by atoms with Crippen molar-refractivity contribution in [3.63, 3.8) is 0 Å². The first-order valence-corrected chi connectivity index (χ1v) is 3.41. The molecule has 58 valence electrons. The summed E-state index contributed by atoms with van der Waals surface area (Å²) in [6.45, 7) is 2.59. The van der Waals surface area contributed by atoms with Crippen LogP contribution in [0.4, 0.5) is 11.4 Å². The van der Waals surface area contributed by atoms with Crippen LogP contribution in [0.1, 0.15) is 6.92 Å². The number of pyridine rings is 1. The quantitative estimate of drug-likeness (QED) is 0.653. The van der Waals surface area contributed by atoms with Gasteiger partial charge in [0.05, 0.1) is 18.4 Å². The van der Waals surface area contributed by atoms with Crippen LogP contribution in [0, 0.1) is 0 Å². The second-order valence-electron chi connectivity index (χ2n) is 1.99. The predicted molar refractivity (Wildman–Crippen MR) is 43.7 cm³/mol. The van der Waals surface area contributed by atoms with E-state index in [0.717, 1.165) is 0 Å². The molecule has 2 N–H and O–H groups in total. The van der Waals surface area contributed by atoms with Crippen molar-refractivity contribution in [2.24, 2.45) is 10.2 Å². The number of nitrogens with zero attached hydrogens (tertiary/aromatic N) is 3. The lowest BCUT2D eigenvalue weighted by Gasteiger charge is -1.94. The monoisotopic (exact) mass is 150 g/mol. The van der Waals surface area contributed by atoms with E-state index in [2.05, 4.69) is 15.2 Å². The van der Waals surface area contributed by atoms with Gasteiger partial charge in [-0.05, 0) is 13.0 Å². The number of rotatable bonds is 2. The van der Waals surface area contributed by atoms with Gasteiger partial charge in [0.15, 0.2) is 0 Å². The van der Waals surface area contributed by atoms with Gasteiger partial charge in [-0.3, -0.25) is 4.98 Å². The number of hydrogen-bond donors (Lipinski definition) is 1. The molecule has 0 radical (unpaired) electrons. The summed E-state index contributed by atoms with van der Waals surface area (Å²) in [6.07, 6.45) is 3.20. The van der Waals surface area contributed by atoms with E-state index < -0.39 is 0 Å². The number of aromatic nitrogens is 1. The lowest BCUT2D eigenvalue weighted by Crippen LogP contribution is -1.85. The summed E-state index contributed by atoms with van der Waals surface area (Å²) >= 11 is 0. The normalized spacial score (nSPS) is 10.6. The van der Waals surface area contributed by atoms with E-state index in [4.69, 9.17) is 5.73 Å². The van der Waals surface area contributed by atoms with E-state index in [1.807, 2.05) is 6.92 Å². The van der Waals surface area contributed by atoms with Crippen molar-refractivity contribution < 1.29 is 0 Å². The van der Waals surface area contributed by atoms with Gasteiger partial charge in [0.25, 0.3) is 0 Å². The minimum atomic E-state index is 0.560. The molecular formula is C7H10N4. The summed E-state index contributed by atoms with van der Waals surface area (Å²) in [4.78, 5) is 3.83. The van der Waals surface area contributed by atoms with Crippen LogP contribution < -0.4 is 5.73 Å². The molecule has 0 aliphatic rings. The Balaban J connectivity index is 2.86. The van der Waals surface area contributed by atoms with Crippen molar-refractivity contribution in [2.75, 3.05) is 12.3 Å². The number of nitrogen functional groups attached to an aromatic ring is 1. The fraction of sp³-hybridized carbons (Fsp3) is 0.286. The first kappa shape index (κ1) is 7.65. The van der Waals surface area contributed by atoms with Crippen LogP contribution >= 0.6 is 0 Å². The van der Waals surface area contributed by atoms with E-state index in [1.165, 1.54) is 0 Å². The zero-order chi connectivity index (χ0) is 8.10. The van der Waals surface area contributed by atoms with E-state index in [-0.39, 0.29) is 0 Å². The van der Waals surface area contributed by atoms with Crippen molar-refractivity contribution in [2.45, 2.75) is 6.92 Å². The van der Waals surface area contributed by atoms with Gasteiger partial charge in [0.2, 0.25) is 0 Å². The fourth-order valence-corrected chi connectivity index (χ4v) is 0.637. The molecule has 1 aromatic rings. The minimum absolute atomic E-state index is 0.560. The molecule has 0 saturated heterocycles. The zero-order valence-corrected chi connectivity index (χ0v) is 6.36. The highest BCUT2D eigenvalue weighted by atomic mass is 15.1. The van der Waals surface area contributed by atoms with Crippen LogP contribution in [0.15, 0.2) is 28.7 Å². The summed E-state index contributed by atoms with van der Waals surface area (Å²) in [5.74, 6) is 0. The SMILES string of the molecule is CCN=Nc1ccncc1N. The van der Waals surface area contributed by atoms with Gasteiger partial charge >= 0.3 is 0 Å². The molecule has 0 saturated carbocycles. The Morgan fingerprint density at radius 1 is 1.64 bits per heavy atom. The molecule has 4 heteroatoms. The second kappa shape index (κ2) is 3.65. The Kier molecular flexibility index (Phi) is 2.54. The van der Waals surface area contributed by atoms with Crippen molar-refractivity contribution in [3.05, 3.63) is 18.5 Å². The van der Waals surface area contributed by atoms with Gasteiger partial charge in [-0.15, -0.1) is 0 Å². The van der Waals surface area contributed by atoms with Crippen LogP contribution in [0.25, 0.3) is 0 Å². The van der Waals surface area contributed by atoms with E-state index >= 15 is 0 Å². The highest BCUT2D eigenvalue weighted by Crippen LogP contribution is 2.18. The van der Waals surface area contributed by atoms with Crippen LogP contribution in [-0.2, 0) is 0 Å². The molecule has 1 heterocycles. The van der Waals surface area contributed by atoms with E-state index in [9.17, 15) is 0 Å². The average Bonchev–Trinajstić information content (AvgIpc) is 2.03. The standard InChI is InChI=1S/C7H10N4/c1-2-10-11-7-3-4-9-5-6(7)8/h3-5H,2,8H2,1H3. The molecule has 4 nitrogen and oxygen atoms in total. The van der Waals surface area contributed by atoms with Crippen LogP contribution in [0.3, 0.4) is 0 Å². The Labute approximate surface area is 65.2 Å². The Hall–Kier alpha value is -1.45. The van der Waals surface area contributed by atoms with Crippen LogP contribution in [0.5, 0.6) is 0 Å². The maximum Gasteiger partial charge on any atom is 0.111 e. The van der Waals surface area contributed by atoms with Crippen LogP contribution in [0.2, 0.25) is 0 Å². The summed E-state index contributed by atoms with van der Waals surface area (Å²) in [5.41, 5.74) is 6.79. The van der Waals surface area contributed by atoms with Gasteiger partial charge < -0.3 is 5.73 Å². The summed E-state index contributed by atoms with van der Waals surface area (Å²) in [5, 5.41) is 7.70. The molecule has 1 rings (SSSR count). The Morgan fingerprint density at radius 2 is 2.45 bits per heavy atom. The fourth-order valence-electron chi connectivity index (χ4n) is 0.637. The van der Waals surface area contributed by atoms with E-state index in [1.54, 1.807) is 18.5 Å². The van der Waals surface area contributed by atoms with Crippen molar-refractivity contribution in [3.8, 4) is 0 Å². The summed E-state index contributed by atoms with van der Waals surface area (Å²) in [6, 6.07) is 1.73. The third-order valence-electron chi connectivity index (χ3n) is 1.15. The number of nitrogens with two attached hydrogens (primary N) is 1. The molecule has 0 atom stereocenters. The predicted octanol–water partition coefficient (Wildman–Crippen LogP) is 1.77. The molecule has 0 bridgehead atoms. The molecule has 11 heavy (non-hydrogen) atoms. The highest BCUT2D eigenvalue weighted by molar-refractivity contribution is 5.59. The van der Waals surface area contributed by atoms with Gasteiger partial charge in [0, 0.05) is 6.20 Å². The second-order valence-corrected chi connectivity index (χ2v) is 1.99. The third kappa shape index (κ3) is 2.00.